The van der Waals surface area contributed by atoms with Crippen molar-refractivity contribution in [2.24, 2.45) is 0 Å². The number of ether oxygens (including phenoxy) is 2. The van der Waals surface area contributed by atoms with Crippen molar-refractivity contribution >= 4 is 11.9 Å². The summed E-state index contributed by atoms with van der Waals surface area (Å²) >= 11 is 0. The highest BCUT2D eigenvalue weighted by atomic mass is 17.1. The van der Waals surface area contributed by atoms with E-state index in [1.807, 2.05) is 36.0 Å². The van der Waals surface area contributed by atoms with E-state index in [4.69, 9.17) is 14.7 Å². The smallest absolute Gasteiger partial charge is 0.306 e. The molecule has 0 aromatic carbocycles. The van der Waals surface area contributed by atoms with E-state index in [9.17, 15) is 9.59 Å². The van der Waals surface area contributed by atoms with E-state index in [0.717, 1.165) is 12.1 Å². The third-order valence-corrected chi connectivity index (χ3v) is 3.33. The molecule has 7 nitrogen and oxygen atoms in total. The van der Waals surface area contributed by atoms with Crippen LogP contribution >= 0.6 is 0 Å². The highest BCUT2D eigenvalue weighted by Crippen LogP contribution is 2.05. The Labute approximate surface area is 141 Å². The number of carbonyl (C=O) groups is 2. The van der Waals surface area contributed by atoms with E-state index in [1.54, 1.807) is 6.92 Å². The molecule has 0 saturated heterocycles. The van der Waals surface area contributed by atoms with Gasteiger partial charge in [-0.15, -0.1) is 0 Å². The topological polar surface area (TPSA) is 85.9 Å². The minimum Gasteiger partial charge on any atom is -0.462 e. The van der Waals surface area contributed by atoms with Crippen LogP contribution in [-0.2, 0) is 37.1 Å². The molecule has 0 amide bonds. The number of carbonyl (C=O) groups excluding carboxylic acids is 2. The normalized spacial score (nSPS) is 11.6. The summed E-state index contributed by atoms with van der Waals surface area (Å²) in [5, 5.41) is 8.61. The van der Waals surface area contributed by atoms with Crippen molar-refractivity contribution in [3.05, 3.63) is 42.2 Å². The van der Waals surface area contributed by atoms with E-state index in [-0.39, 0.29) is 26.1 Å². The number of hydrogen-bond donors (Lipinski definition) is 1. The molecule has 1 rings (SSSR count). The molecule has 1 atom stereocenters. The van der Waals surface area contributed by atoms with Crippen LogP contribution in [0.2, 0.25) is 0 Å². The molecule has 132 valence electrons. The van der Waals surface area contributed by atoms with Crippen molar-refractivity contribution in [3.63, 3.8) is 0 Å². The molecule has 0 aliphatic carbocycles. The SMILES string of the molecule is C=C(C)C(COC(=O)CCC(=O)OCc1cc[n+](CC)cc1)OO. The third kappa shape index (κ3) is 7.34. The first-order valence-corrected chi connectivity index (χ1v) is 7.71. The first-order valence-electron chi connectivity index (χ1n) is 7.71. The van der Waals surface area contributed by atoms with E-state index >= 15 is 0 Å². The van der Waals surface area contributed by atoms with Crippen LogP contribution in [0, 0.1) is 0 Å². The molecule has 0 aliphatic rings. The monoisotopic (exact) mass is 338 g/mol. The molecular weight excluding hydrogens is 314 g/mol. The van der Waals surface area contributed by atoms with Crippen LogP contribution in [0.25, 0.3) is 0 Å². The van der Waals surface area contributed by atoms with Gasteiger partial charge in [0.15, 0.2) is 12.4 Å². The van der Waals surface area contributed by atoms with Gasteiger partial charge in [0.25, 0.3) is 0 Å². The van der Waals surface area contributed by atoms with Gasteiger partial charge in [-0.3, -0.25) is 14.8 Å². The lowest BCUT2D eigenvalue weighted by atomic mass is 10.2. The largest absolute Gasteiger partial charge is 0.462 e. The number of aromatic nitrogens is 1. The fourth-order valence-electron chi connectivity index (χ4n) is 1.74. The molecule has 0 fully saturated rings. The first-order chi connectivity index (χ1) is 11.5. The standard InChI is InChI=1S/C17H23NO6/c1-4-18-9-7-14(8-10-18)11-22-16(19)5-6-17(20)23-12-15(24-21)13(2)3/h7-10,15H,2,4-6,11-12H2,1,3H3/p+1. The van der Waals surface area contributed by atoms with Gasteiger partial charge in [0.05, 0.1) is 12.8 Å². The van der Waals surface area contributed by atoms with Gasteiger partial charge in [0, 0.05) is 17.7 Å². The maximum absolute atomic E-state index is 11.6. The number of rotatable bonds is 10. The number of hydrogen-bond acceptors (Lipinski definition) is 6. The maximum atomic E-state index is 11.6. The summed E-state index contributed by atoms with van der Waals surface area (Å²) in [7, 11) is 0. The summed E-state index contributed by atoms with van der Waals surface area (Å²) in [4.78, 5) is 27.3. The van der Waals surface area contributed by atoms with Gasteiger partial charge in [-0.25, -0.2) is 9.45 Å². The Morgan fingerprint density at radius 1 is 1.21 bits per heavy atom. The molecule has 0 saturated carbocycles. The number of nitrogens with zero attached hydrogens (tertiary/aromatic N) is 1. The Hall–Kier alpha value is -2.25. The molecule has 0 spiro atoms. The maximum Gasteiger partial charge on any atom is 0.306 e. The number of aryl methyl sites for hydroxylation is 1. The summed E-state index contributed by atoms with van der Waals surface area (Å²) in [6.07, 6.45) is 2.87. The second-order valence-electron chi connectivity index (χ2n) is 5.32. The summed E-state index contributed by atoms with van der Waals surface area (Å²) < 4.78 is 12.0. The molecule has 24 heavy (non-hydrogen) atoms. The fourth-order valence-corrected chi connectivity index (χ4v) is 1.74. The lowest BCUT2D eigenvalue weighted by molar-refractivity contribution is -0.693. The Morgan fingerprint density at radius 2 is 1.79 bits per heavy atom. The molecule has 0 aliphatic heterocycles. The lowest BCUT2D eigenvalue weighted by Crippen LogP contribution is -2.30. The van der Waals surface area contributed by atoms with Crippen LogP contribution in [-0.4, -0.2) is 29.9 Å². The van der Waals surface area contributed by atoms with Gasteiger partial charge < -0.3 is 9.47 Å². The summed E-state index contributed by atoms with van der Waals surface area (Å²) in [6, 6.07) is 3.75. The first kappa shape index (κ1) is 19.8. The van der Waals surface area contributed by atoms with Gasteiger partial charge in [0.1, 0.15) is 25.9 Å². The second-order valence-corrected chi connectivity index (χ2v) is 5.32. The average Bonchev–Trinajstić information content (AvgIpc) is 2.58. The Bertz CT molecular complexity index is 555. The molecule has 1 unspecified atom stereocenters. The molecule has 0 bridgehead atoms. The highest BCUT2D eigenvalue weighted by molar-refractivity contribution is 5.77. The van der Waals surface area contributed by atoms with Crippen molar-refractivity contribution in [2.45, 2.75) is 45.9 Å². The Morgan fingerprint density at radius 3 is 2.29 bits per heavy atom. The van der Waals surface area contributed by atoms with Gasteiger partial charge >= 0.3 is 11.9 Å². The third-order valence-electron chi connectivity index (χ3n) is 3.33. The van der Waals surface area contributed by atoms with Crippen LogP contribution in [0.3, 0.4) is 0 Å². The number of esters is 2. The van der Waals surface area contributed by atoms with Crippen molar-refractivity contribution in [1.29, 1.82) is 0 Å². The predicted octanol–water partition coefficient (Wildman–Crippen LogP) is 1.79. The minimum absolute atomic E-state index is 0.0711. The Kier molecular flexibility index (Phi) is 8.67. The van der Waals surface area contributed by atoms with Gasteiger partial charge in [-0.2, -0.15) is 0 Å². The van der Waals surface area contributed by atoms with Crippen LogP contribution in [0.5, 0.6) is 0 Å². The van der Waals surface area contributed by atoms with Crippen molar-refractivity contribution in [3.8, 4) is 0 Å². The molecular formula is C17H24NO6+. The number of pyridine rings is 1. The van der Waals surface area contributed by atoms with Crippen LogP contribution in [0.4, 0.5) is 0 Å². The Balaban J connectivity index is 2.25. The quantitative estimate of drug-likeness (QED) is 0.230. The molecule has 0 radical (unpaired) electrons. The molecule has 1 heterocycles. The van der Waals surface area contributed by atoms with E-state index in [1.165, 1.54) is 0 Å². The zero-order valence-corrected chi connectivity index (χ0v) is 14.1. The van der Waals surface area contributed by atoms with E-state index in [0.29, 0.717) is 5.57 Å². The summed E-state index contributed by atoms with van der Waals surface area (Å²) in [6.45, 7) is 8.14. The second kappa shape index (κ2) is 10.5. The van der Waals surface area contributed by atoms with Gasteiger partial charge in [-0.1, -0.05) is 6.58 Å². The van der Waals surface area contributed by atoms with E-state index in [2.05, 4.69) is 11.5 Å². The molecule has 1 N–H and O–H groups in total. The van der Waals surface area contributed by atoms with Gasteiger partial charge in [0.2, 0.25) is 0 Å². The summed E-state index contributed by atoms with van der Waals surface area (Å²) in [5.41, 5.74) is 1.40. The molecule has 7 heteroatoms. The van der Waals surface area contributed by atoms with Crippen LogP contribution < -0.4 is 4.57 Å². The van der Waals surface area contributed by atoms with Crippen molar-refractivity contribution in [1.82, 2.24) is 0 Å². The highest BCUT2D eigenvalue weighted by Gasteiger charge is 2.15. The van der Waals surface area contributed by atoms with Crippen LogP contribution in [0.1, 0.15) is 32.3 Å². The zero-order chi connectivity index (χ0) is 17.9. The van der Waals surface area contributed by atoms with E-state index < -0.39 is 18.0 Å². The zero-order valence-electron chi connectivity index (χ0n) is 14.1. The molecule has 1 aromatic rings. The average molecular weight is 338 g/mol. The molecule has 1 aromatic heterocycles. The van der Waals surface area contributed by atoms with Crippen LogP contribution in [0.15, 0.2) is 36.7 Å². The minimum atomic E-state index is -0.773. The summed E-state index contributed by atoms with van der Waals surface area (Å²) in [5.74, 6) is -1.05. The lowest BCUT2D eigenvalue weighted by Gasteiger charge is -2.13. The van der Waals surface area contributed by atoms with Gasteiger partial charge in [-0.05, 0) is 19.4 Å². The predicted molar refractivity (Wildman–Crippen MR) is 84.6 cm³/mol. The van der Waals surface area contributed by atoms with Crippen molar-refractivity contribution < 1.29 is 33.8 Å². The fraction of sp³-hybridized carbons (Fsp3) is 0.471. The van der Waals surface area contributed by atoms with Crippen molar-refractivity contribution in [2.75, 3.05) is 6.61 Å².